The van der Waals surface area contributed by atoms with Crippen molar-refractivity contribution in [3.63, 3.8) is 0 Å². The Bertz CT molecular complexity index is 628. The van der Waals surface area contributed by atoms with Crippen LogP contribution < -0.4 is 10.1 Å². The number of likely N-dealkylation sites (N-methyl/N-ethyl adjacent to an activating group) is 1. The highest BCUT2D eigenvalue weighted by molar-refractivity contribution is 5.34. The van der Waals surface area contributed by atoms with Crippen molar-refractivity contribution in [3.8, 4) is 5.75 Å². The Balaban J connectivity index is 2.29. The first kappa shape index (κ1) is 15.4. The summed E-state index contributed by atoms with van der Waals surface area (Å²) in [6, 6.07) is 9.23. The molecule has 0 spiro atoms. The van der Waals surface area contributed by atoms with Crippen LogP contribution in [0.2, 0.25) is 0 Å². The summed E-state index contributed by atoms with van der Waals surface area (Å²) in [7, 11) is 3.27. The van der Waals surface area contributed by atoms with Crippen LogP contribution in [0.4, 0.5) is 8.78 Å². The van der Waals surface area contributed by atoms with Gasteiger partial charge in [0.25, 0.3) is 0 Å². The summed E-state index contributed by atoms with van der Waals surface area (Å²) >= 11 is 0. The molecule has 0 aliphatic rings. The summed E-state index contributed by atoms with van der Waals surface area (Å²) in [5.74, 6) is -0.128. The van der Waals surface area contributed by atoms with E-state index in [1.807, 2.05) is 6.92 Å². The molecule has 2 aromatic rings. The number of ether oxygens (including phenoxy) is 1. The summed E-state index contributed by atoms with van der Waals surface area (Å²) in [5.41, 5.74) is 2.40. The van der Waals surface area contributed by atoms with Gasteiger partial charge in [-0.1, -0.05) is 12.1 Å². The largest absolute Gasteiger partial charge is 0.497 e. The van der Waals surface area contributed by atoms with E-state index in [9.17, 15) is 8.78 Å². The Labute approximate surface area is 123 Å². The molecule has 0 saturated carbocycles. The van der Waals surface area contributed by atoms with Crippen molar-refractivity contribution in [2.75, 3.05) is 14.2 Å². The van der Waals surface area contributed by atoms with Crippen LogP contribution in [-0.4, -0.2) is 14.2 Å². The molecule has 2 nitrogen and oxygen atoms in total. The maximum absolute atomic E-state index is 14.2. The molecular formula is C17H19F2NO. The maximum atomic E-state index is 14.2. The zero-order valence-electron chi connectivity index (χ0n) is 12.4. The number of hydrogen-bond donors (Lipinski definition) is 1. The van der Waals surface area contributed by atoms with E-state index in [4.69, 9.17) is 4.74 Å². The molecule has 21 heavy (non-hydrogen) atoms. The summed E-state index contributed by atoms with van der Waals surface area (Å²) < 4.78 is 32.5. The Kier molecular flexibility index (Phi) is 4.91. The SMILES string of the molecule is CNC(Cc1cc(F)ccc1C)c1ccc(OC)cc1F. The average molecular weight is 291 g/mol. The Morgan fingerprint density at radius 3 is 2.52 bits per heavy atom. The van der Waals surface area contributed by atoms with Gasteiger partial charge in [0.2, 0.25) is 0 Å². The lowest BCUT2D eigenvalue weighted by Gasteiger charge is -2.19. The van der Waals surface area contributed by atoms with E-state index < -0.39 is 0 Å². The van der Waals surface area contributed by atoms with Gasteiger partial charge >= 0.3 is 0 Å². The van der Waals surface area contributed by atoms with E-state index in [-0.39, 0.29) is 17.7 Å². The van der Waals surface area contributed by atoms with Crippen LogP contribution in [-0.2, 0) is 6.42 Å². The van der Waals surface area contributed by atoms with Crippen molar-refractivity contribution in [2.45, 2.75) is 19.4 Å². The van der Waals surface area contributed by atoms with E-state index in [2.05, 4.69) is 5.32 Å². The van der Waals surface area contributed by atoms with Crippen molar-refractivity contribution in [1.29, 1.82) is 0 Å². The van der Waals surface area contributed by atoms with E-state index in [1.54, 1.807) is 25.2 Å². The predicted molar refractivity (Wildman–Crippen MR) is 79.6 cm³/mol. The van der Waals surface area contributed by atoms with E-state index in [0.717, 1.165) is 11.1 Å². The van der Waals surface area contributed by atoms with Crippen molar-refractivity contribution in [1.82, 2.24) is 5.32 Å². The minimum atomic E-state index is -0.331. The first-order valence-corrected chi connectivity index (χ1v) is 6.81. The number of nitrogens with one attached hydrogen (secondary N) is 1. The van der Waals surface area contributed by atoms with Crippen molar-refractivity contribution in [2.24, 2.45) is 0 Å². The Morgan fingerprint density at radius 2 is 1.90 bits per heavy atom. The zero-order valence-corrected chi connectivity index (χ0v) is 12.4. The lowest BCUT2D eigenvalue weighted by molar-refractivity contribution is 0.409. The van der Waals surface area contributed by atoms with Crippen LogP contribution in [0.3, 0.4) is 0 Å². The number of aryl methyl sites for hydroxylation is 1. The minimum absolute atomic E-state index is 0.226. The first-order chi connectivity index (χ1) is 10.0. The Morgan fingerprint density at radius 1 is 1.14 bits per heavy atom. The fraction of sp³-hybridized carbons (Fsp3) is 0.294. The molecule has 0 fully saturated rings. The number of methoxy groups -OCH3 is 1. The molecule has 0 aromatic heterocycles. The van der Waals surface area contributed by atoms with Gasteiger partial charge in [0.1, 0.15) is 17.4 Å². The number of halogens is 2. The van der Waals surface area contributed by atoms with E-state index in [0.29, 0.717) is 17.7 Å². The summed E-state index contributed by atoms with van der Waals surface area (Å²) in [4.78, 5) is 0. The van der Waals surface area contributed by atoms with Gasteiger partial charge in [-0.15, -0.1) is 0 Å². The van der Waals surface area contributed by atoms with Crippen molar-refractivity contribution >= 4 is 0 Å². The molecular weight excluding hydrogens is 272 g/mol. The smallest absolute Gasteiger partial charge is 0.131 e. The van der Waals surface area contributed by atoms with Gasteiger partial charge in [-0.25, -0.2) is 8.78 Å². The summed E-state index contributed by atoms with van der Waals surface area (Å²) in [5, 5.41) is 3.09. The van der Waals surface area contributed by atoms with Gasteiger partial charge in [0, 0.05) is 17.7 Å². The summed E-state index contributed by atoms with van der Waals surface area (Å²) in [6.07, 6.45) is 0.517. The fourth-order valence-corrected chi connectivity index (χ4v) is 2.36. The monoisotopic (exact) mass is 291 g/mol. The number of benzene rings is 2. The van der Waals surface area contributed by atoms with Gasteiger partial charge in [-0.05, 0) is 49.7 Å². The highest BCUT2D eigenvalue weighted by Crippen LogP contribution is 2.25. The molecule has 0 amide bonds. The molecule has 1 atom stereocenters. The van der Waals surface area contributed by atoms with Crippen LogP contribution in [0.1, 0.15) is 22.7 Å². The molecule has 1 N–H and O–H groups in total. The molecule has 4 heteroatoms. The van der Waals surface area contributed by atoms with Gasteiger partial charge in [0.05, 0.1) is 7.11 Å². The molecule has 2 rings (SSSR count). The molecule has 0 bridgehead atoms. The second-order valence-corrected chi connectivity index (χ2v) is 5.00. The topological polar surface area (TPSA) is 21.3 Å². The quantitative estimate of drug-likeness (QED) is 0.905. The van der Waals surface area contributed by atoms with Crippen LogP contribution in [0.15, 0.2) is 36.4 Å². The van der Waals surface area contributed by atoms with E-state index in [1.165, 1.54) is 25.3 Å². The van der Waals surface area contributed by atoms with Gasteiger partial charge in [-0.2, -0.15) is 0 Å². The molecule has 2 aromatic carbocycles. The molecule has 112 valence electrons. The number of rotatable bonds is 5. The molecule has 0 aliphatic heterocycles. The highest BCUT2D eigenvalue weighted by Gasteiger charge is 2.16. The van der Waals surface area contributed by atoms with Crippen LogP contribution in [0.25, 0.3) is 0 Å². The maximum Gasteiger partial charge on any atom is 0.131 e. The molecule has 0 heterocycles. The highest BCUT2D eigenvalue weighted by atomic mass is 19.1. The van der Waals surface area contributed by atoms with Gasteiger partial charge < -0.3 is 10.1 Å². The standard InChI is InChI=1S/C17H19F2NO/c1-11-4-5-13(18)8-12(11)9-17(20-2)15-7-6-14(21-3)10-16(15)19/h4-8,10,17,20H,9H2,1-3H3. The molecule has 0 saturated heterocycles. The van der Waals surface area contributed by atoms with Crippen LogP contribution >= 0.6 is 0 Å². The van der Waals surface area contributed by atoms with Crippen molar-refractivity contribution < 1.29 is 13.5 Å². The third-order valence-corrected chi connectivity index (χ3v) is 3.67. The molecule has 0 radical (unpaired) electrons. The molecule has 0 aliphatic carbocycles. The zero-order chi connectivity index (χ0) is 15.4. The molecule has 1 unspecified atom stereocenters. The van der Waals surface area contributed by atoms with Crippen molar-refractivity contribution in [3.05, 3.63) is 64.7 Å². The Hall–Kier alpha value is -1.94. The van der Waals surface area contributed by atoms with Crippen LogP contribution in [0.5, 0.6) is 5.75 Å². The van der Waals surface area contributed by atoms with Crippen LogP contribution in [0, 0.1) is 18.6 Å². The minimum Gasteiger partial charge on any atom is -0.497 e. The third-order valence-electron chi connectivity index (χ3n) is 3.67. The van der Waals surface area contributed by atoms with E-state index >= 15 is 0 Å². The second kappa shape index (κ2) is 6.68. The summed E-state index contributed by atoms with van der Waals surface area (Å²) in [6.45, 7) is 1.92. The average Bonchev–Trinajstić information content (AvgIpc) is 2.48. The third kappa shape index (κ3) is 3.58. The normalized spacial score (nSPS) is 12.2. The number of hydrogen-bond acceptors (Lipinski definition) is 2. The first-order valence-electron chi connectivity index (χ1n) is 6.81. The lowest BCUT2D eigenvalue weighted by Crippen LogP contribution is -2.20. The second-order valence-electron chi connectivity index (χ2n) is 5.00. The fourth-order valence-electron chi connectivity index (χ4n) is 2.36. The predicted octanol–water partition coefficient (Wildman–Crippen LogP) is 3.79. The lowest BCUT2D eigenvalue weighted by atomic mass is 9.95. The van der Waals surface area contributed by atoms with Gasteiger partial charge in [-0.3, -0.25) is 0 Å². The van der Waals surface area contributed by atoms with Gasteiger partial charge in [0.15, 0.2) is 0 Å².